The Morgan fingerprint density at radius 2 is 1.70 bits per heavy atom. The van der Waals surface area contributed by atoms with Gasteiger partial charge in [0.2, 0.25) is 17.7 Å². The van der Waals surface area contributed by atoms with Gasteiger partial charge in [-0.2, -0.15) is 0 Å². The fourth-order valence-electron chi connectivity index (χ4n) is 2.44. The van der Waals surface area contributed by atoms with Gasteiger partial charge >= 0.3 is 0 Å². The summed E-state index contributed by atoms with van der Waals surface area (Å²) in [6.45, 7) is 11.1. The molecule has 27 heavy (non-hydrogen) atoms. The van der Waals surface area contributed by atoms with Crippen LogP contribution in [0.4, 0.5) is 11.4 Å². The first-order valence-corrected chi connectivity index (χ1v) is 9.02. The molecule has 2 amide bonds. The molecule has 0 aliphatic carbocycles. The minimum Gasteiger partial charge on any atom is -0.444 e. The van der Waals surface area contributed by atoms with Crippen molar-refractivity contribution in [2.75, 3.05) is 23.7 Å². The molecule has 0 saturated carbocycles. The molecule has 0 atom stereocenters. The second-order valence-electron chi connectivity index (χ2n) is 7.48. The lowest BCUT2D eigenvalue weighted by atomic mass is 9.94. The summed E-state index contributed by atoms with van der Waals surface area (Å²) in [5, 5.41) is 5.55. The number of aromatic nitrogens is 1. The number of nitrogens with one attached hydrogen (secondary N) is 2. The van der Waals surface area contributed by atoms with E-state index in [1.54, 1.807) is 30.5 Å². The first kappa shape index (κ1) is 20.6. The maximum absolute atomic E-state index is 12.3. The number of amides is 2. The lowest BCUT2D eigenvalue weighted by molar-refractivity contribution is -0.117. The minimum absolute atomic E-state index is 0.0942. The zero-order valence-corrected chi connectivity index (χ0v) is 16.6. The van der Waals surface area contributed by atoms with Crippen LogP contribution in [0.2, 0.25) is 0 Å². The summed E-state index contributed by atoms with van der Waals surface area (Å²) >= 11 is 0. The zero-order valence-electron chi connectivity index (χ0n) is 16.6. The molecule has 7 heteroatoms. The number of nitrogens with zero attached hydrogens (tertiary/aromatic N) is 2. The Balaban J connectivity index is 1.90. The van der Waals surface area contributed by atoms with E-state index in [1.807, 2.05) is 11.8 Å². The summed E-state index contributed by atoms with van der Waals surface area (Å²) in [6, 6.07) is 7.00. The van der Waals surface area contributed by atoms with Gasteiger partial charge in [-0.3, -0.25) is 14.5 Å². The third kappa shape index (κ3) is 6.53. The van der Waals surface area contributed by atoms with E-state index < -0.39 is 0 Å². The van der Waals surface area contributed by atoms with Crippen LogP contribution in [0.3, 0.4) is 0 Å². The van der Waals surface area contributed by atoms with Gasteiger partial charge in [-0.1, -0.05) is 27.7 Å². The molecule has 7 nitrogen and oxygen atoms in total. The van der Waals surface area contributed by atoms with Crippen molar-refractivity contribution in [3.8, 4) is 0 Å². The van der Waals surface area contributed by atoms with Gasteiger partial charge in [0.1, 0.15) is 5.76 Å². The predicted octanol–water partition coefficient (Wildman–Crippen LogP) is 3.39. The van der Waals surface area contributed by atoms with Crippen molar-refractivity contribution in [1.29, 1.82) is 0 Å². The largest absolute Gasteiger partial charge is 0.444 e. The molecule has 1 heterocycles. The molecule has 2 rings (SSSR count). The third-order valence-corrected chi connectivity index (χ3v) is 3.96. The van der Waals surface area contributed by atoms with E-state index in [0.717, 1.165) is 5.76 Å². The summed E-state index contributed by atoms with van der Waals surface area (Å²) in [6.07, 6.45) is 1.75. The first-order valence-electron chi connectivity index (χ1n) is 9.02. The quantitative estimate of drug-likeness (QED) is 0.778. The van der Waals surface area contributed by atoms with E-state index in [2.05, 4.69) is 36.4 Å². The fourth-order valence-corrected chi connectivity index (χ4v) is 2.44. The number of benzene rings is 1. The lowest BCUT2D eigenvalue weighted by Crippen LogP contribution is -2.32. The summed E-state index contributed by atoms with van der Waals surface area (Å²) in [5.41, 5.74) is 1.27. The number of oxazole rings is 1. The van der Waals surface area contributed by atoms with Crippen LogP contribution in [0.1, 0.15) is 46.3 Å². The van der Waals surface area contributed by atoms with Gasteiger partial charge < -0.3 is 15.1 Å². The van der Waals surface area contributed by atoms with Gasteiger partial charge in [0, 0.05) is 23.7 Å². The third-order valence-electron chi connectivity index (χ3n) is 3.96. The molecule has 0 unspecified atom stereocenters. The highest BCUT2D eigenvalue weighted by Crippen LogP contribution is 2.23. The molecule has 2 aromatic rings. The Morgan fingerprint density at radius 1 is 1.11 bits per heavy atom. The number of hydrogen-bond donors (Lipinski definition) is 2. The SMILES string of the molecule is CCN(CC(=O)Nc1ccc(NC(C)=O)cc1)Cc1ncc(C(C)(C)C)o1. The monoisotopic (exact) mass is 372 g/mol. The normalized spacial score (nSPS) is 11.5. The molecular weight excluding hydrogens is 344 g/mol. The molecule has 0 spiro atoms. The van der Waals surface area contributed by atoms with Crippen molar-refractivity contribution in [3.63, 3.8) is 0 Å². The maximum atomic E-state index is 12.3. The van der Waals surface area contributed by atoms with Crippen LogP contribution in [-0.2, 0) is 21.5 Å². The highest BCUT2D eigenvalue weighted by Gasteiger charge is 2.20. The second-order valence-corrected chi connectivity index (χ2v) is 7.48. The van der Waals surface area contributed by atoms with Gasteiger partial charge in [0.25, 0.3) is 0 Å². The second kappa shape index (κ2) is 8.81. The predicted molar refractivity (Wildman–Crippen MR) is 106 cm³/mol. The molecule has 1 aromatic carbocycles. The number of likely N-dealkylation sites (N-methyl/N-ethyl adjacent to an activating group) is 1. The molecule has 0 bridgehead atoms. The molecule has 0 saturated heterocycles. The Bertz CT molecular complexity index is 775. The topological polar surface area (TPSA) is 87.5 Å². The van der Waals surface area contributed by atoms with Crippen LogP contribution in [0, 0.1) is 0 Å². The maximum Gasteiger partial charge on any atom is 0.238 e. The molecule has 0 fully saturated rings. The summed E-state index contributed by atoms with van der Waals surface area (Å²) in [7, 11) is 0. The molecule has 0 aliphatic rings. The molecule has 146 valence electrons. The van der Waals surface area contributed by atoms with Crippen molar-refractivity contribution >= 4 is 23.2 Å². The Kier molecular flexibility index (Phi) is 6.74. The summed E-state index contributed by atoms with van der Waals surface area (Å²) < 4.78 is 5.81. The van der Waals surface area contributed by atoms with Crippen molar-refractivity contribution in [3.05, 3.63) is 42.1 Å². The van der Waals surface area contributed by atoms with Crippen LogP contribution in [0.5, 0.6) is 0 Å². The Labute approximate surface area is 160 Å². The van der Waals surface area contributed by atoms with Crippen LogP contribution < -0.4 is 10.6 Å². The van der Waals surface area contributed by atoms with Crippen LogP contribution in [0.25, 0.3) is 0 Å². The molecule has 2 N–H and O–H groups in total. The Hall–Kier alpha value is -2.67. The summed E-state index contributed by atoms with van der Waals surface area (Å²) in [5.74, 6) is 1.18. The van der Waals surface area contributed by atoms with Gasteiger partial charge in [0.05, 0.1) is 19.3 Å². The first-order chi connectivity index (χ1) is 12.7. The van der Waals surface area contributed by atoms with Crippen LogP contribution in [0.15, 0.2) is 34.9 Å². The average molecular weight is 372 g/mol. The van der Waals surface area contributed by atoms with Gasteiger partial charge in [-0.05, 0) is 30.8 Å². The van der Waals surface area contributed by atoms with Crippen molar-refractivity contribution in [2.45, 2.75) is 46.6 Å². The van der Waals surface area contributed by atoms with Gasteiger partial charge in [-0.15, -0.1) is 0 Å². The van der Waals surface area contributed by atoms with E-state index in [9.17, 15) is 9.59 Å². The van der Waals surface area contributed by atoms with E-state index in [4.69, 9.17) is 4.42 Å². The van der Waals surface area contributed by atoms with Crippen molar-refractivity contribution < 1.29 is 14.0 Å². The minimum atomic E-state index is -0.133. The number of anilines is 2. The van der Waals surface area contributed by atoms with E-state index in [-0.39, 0.29) is 23.8 Å². The van der Waals surface area contributed by atoms with Crippen molar-refractivity contribution in [2.24, 2.45) is 0 Å². The van der Waals surface area contributed by atoms with E-state index in [1.165, 1.54) is 6.92 Å². The number of carbonyl (C=O) groups is 2. The van der Waals surface area contributed by atoms with Crippen LogP contribution >= 0.6 is 0 Å². The Morgan fingerprint density at radius 3 is 2.19 bits per heavy atom. The summed E-state index contributed by atoms with van der Waals surface area (Å²) in [4.78, 5) is 29.6. The number of hydrogen-bond acceptors (Lipinski definition) is 5. The molecule has 0 radical (unpaired) electrons. The van der Waals surface area contributed by atoms with Gasteiger partial charge in [0.15, 0.2) is 0 Å². The van der Waals surface area contributed by atoms with Gasteiger partial charge in [-0.25, -0.2) is 4.98 Å². The highest BCUT2D eigenvalue weighted by molar-refractivity contribution is 5.93. The smallest absolute Gasteiger partial charge is 0.238 e. The van der Waals surface area contributed by atoms with Crippen LogP contribution in [-0.4, -0.2) is 34.8 Å². The molecule has 1 aromatic heterocycles. The van der Waals surface area contributed by atoms with E-state index >= 15 is 0 Å². The van der Waals surface area contributed by atoms with Crippen molar-refractivity contribution in [1.82, 2.24) is 9.88 Å². The zero-order chi connectivity index (χ0) is 20.0. The average Bonchev–Trinajstić information content (AvgIpc) is 3.04. The molecule has 0 aliphatic heterocycles. The highest BCUT2D eigenvalue weighted by atomic mass is 16.4. The number of rotatable bonds is 7. The molecular formula is C20H28N4O3. The van der Waals surface area contributed by atoms with E-state index in [0.29, 0.717) is 30.4 Å². The number of carbonyl (C=O) groups excluding carboxylic acids is 2. The fraction of sp³-hybridized carbons (Fsp3) is 0.450. The standard InChI is InChI=1S/C20H28N4O3/c1-6-24(13-19-21-11-17(27-19)20(3,4)5)12-18(26)23-16-9-7-15(8-10-16)22-14(2)25/h7-11H,6,12-13H2,1-5H3,(H,22,25)(H,23,26). The lowest BCUT2D eigenvalue weighted by Gasteiger charge is -2.18.